The highest BCUT2D eigenvalue weighted by Gasteiger charge is 2.33. The predicted molar refractivity (Wildman–Crippen MR) is 97.5 cm³/mol. The number of aromatic nitrogens is 1. The molecule has 2 amide bonds. The molecular formula is C16H15Cl2N3O3S. The molecule has 1 N–H and O–H groups in total. The van der Waals surface area contributed by atoms with E-state index in [4.69, 9.17) is 23.2 Å². The first-order valence-corrected chi connectivity index (χ1v) is 9.17. The van der Waals surface area contributed by atoms with Gasteiger partial charge in [-0.2, -0.15) is 0 Å². The molecule has 132 valence electrons. The molecule has 9 heteroatoms. The lowest BCUT2D eigenvalue weighted by Crippen LogP contribution is -2.36. The smallest absolute Gasteiger partial charge is 0.357 e. The number of urea groups is 1. The Morgan fingerprint density at radius 3 is 2.64 bits per heavy atom. The van der Waals surface area contributed by atoms with E-state index in [1.54, 1.807) is 28.5 Å². The van der Waals surface area contributed by atoms with E-state index in [1.165, 1.54) is 18.4 Å². The SMILES string of the molecule is COC(=O)c1csc(CN(C(=O)Nc2c(Cl)cccc2Cl)C2CC2)n1. The molecule has 1 aromatic carbocycles. The number of rotatable bonds is 5. The number of carbonyl (C=O) groups excluding carboxylic acids is 2. The molecule has 0 radical (unpaired) electrons. The average molecular weight is 400 g/mol. The van der Waals surface area contributed by atoms with E-state index in [1.807, 2.05) is 0 Å². The monoisotopic (exact) mass is 399 g/mol. The van der Waals surface area contributed by atoms with Crippen molar-refractivity contribution in [3.63, 3.8) is 0 Å². The van der Waals surface area contributed by atoms with Gasteiger partial charge in [0.15, 0.2) is 5.69 Å². The van der Waals surface area contributed by atoms with Crippen molar-refractivity contribution < 1.29 is 14.3 Å². The zero-order chi connectivity index (χ0) is 18.0. The van der Waals surface area contributed by atoms with Crippen molar-refractivity contribution in [2.45, 2.75) is 25.4 Å². The van der Waals surface area contributed by atoms with Gasteiger partial charge in [0.05, 0.1) is 29.4 Å². The molecule has 3 rings (SSSR count). The Morgan fingerprint density at radius 2 is 2.04 bits per heavy atom. The van der Waals surface area contributed by atoms with Crippen molar-refractivity contribution in [2.24, 2.45) is 0 Å². The molecule has 0 saturated heterocycles. The number of methoxy groups -OCH3 is 1. The van der Waals surface area contributed by atoms with E-state index < -0.39 is 5.97 Å². The van der Waals surface area contributed by atoms with Crippen LogP contribution in [0.4, 0.5) is 10.5 Å². The van der Waals surface area contributed by atoms with Gasteiger partial charge in [0.2, 0.25) is 0 Å². The molecule has 1 aromatic heterocycles. The van der Waals surface area contributed by atoms with Crippen molar-refractivity contribution >= 4 is 52.2 Å². The number of carbonyl (C=O) groups is 2. The Balaban J connectivity index is 1.74. The molecule has 1 saturated carbocycles. The third-order valence-electron chi connectivity index (χ3n) is 3.70. The Bertz CT molecular complexity index is 787. The van der Waals surface area contributed by atoms with E-state index in [9.17, 15) is 9.59 Å². The number of hydrogen-bond acceptors (Lipinski definition) is 5. The number of halogens is 2. The van der Waals surface area contributed by atoms with Gasteiger partial charge in [0.25, 0.3) is 0 Å². The molecule has 6 nitrogen and oxygen atoms in total. The summed E-state index contributed by atoms with van der Waals surface area (Å²) in [4.78, 5) is 30.1. The standard InChI is InChI=1S/C16H15Cl2N3O3S/c1-24-15(22)12-8-25-13(19-12)7-21(9-5-6-9)16(23)20-14-10(17)3-2-4-11(14)18/h2-4,8-9H,5-7H2,1H3,(H,20,23). The Morgan fingerprint density at radius 1 is 1.36 bits per heavy atom. The van der Waals surface area contributed by atoms with Crippen molar-refractivity contribution in [3.8, 4) is 0 Å². The first-order valence-electron chi connectivity index (χ1n) is 7.54. The number of ether oxygens (including phenoxy) is 1. The summed E-state index contributed by atoms with van der Waals surface area (Å²) in [5.74, 6) is -0.493. The van der Waals surface area contributed by atoms with Crippen LogP contribution in [0.2, 0.25) is 10.0 Å². The topological polar surface area (TPSA) is 71.5 Å². The number of para-hydroxylation sites is 1. The van der Waals surface area contributed by atoms with Gasteiger partial charge in [-0.05, 0) is 25.0 Å². The van der Waals surface area contributed by atoms with Gasteiger partial charge in [-0.25, -0.2) is 14.6 Å². The Labute approximate surface area is 158 Å². The van der Waals surface area contributed by atoms with Gasteiger partial charge in [0.1, 0.15) is 5.01 Å². The van der Waals surface area contributed by atoms with Crippen LogP contribution in [-0.2, 0) is 11.3 Å². The first-order chi connectivity index (χ1) is 12.0. The van der Waals surface area contributed by atoms with Gasteiger partial charge in [-0.3, -0.25) is 0 Å². The summed E-state index contributed by atoms with van der Waals surface area (Å²) in [6.45, 7) is 0.306. The summed E-state index contributed by atoms with van der Waals surface area (Å²) in [5.41, 5.74) is 0.628. The van der Waals surface area contributed by atoms with Crippen LogP contribution in [0.3, 0.4) is 0 Å². The van der Waals surface area contributed by atoms with Crippen molar-refractivity contribution in [3.05, 3.63) is 44.3 Å². The molecule has 2 aromatic rings. The van der Waals surface area contributed by atoms with Crippen LogP contribution in [0.1, 0.15) is 28.3 Å². The molecule has 25 heavy (non-hydrogen) atoms. The largest absolute Gasteiger partial charge is 0.464 e. The van der Waals surface area contributed by atoms with Gasteiger partial charge >= 0.3 is 12.0 Å². The zero-order valence-electron chi connectivity index (χ0n) is 13.3. The van der Waals surface area contributed by atoms with Crippen LogP contribution in [-0.4, -0.2) is 35.0 Å². The molecule has 0 atom stereocenters. The van der Waals surface area contributed by atoms with E-state index in [-0.39, 0.29) is 17.8 Å². The van der Waals surface area contributed by atoms with Gasteiger partial charge < -0.3 is 15.0 Å². The van der Waals surface area contributed by atoms with E-state index in [0.29, 0.717) is 27.3 Å². The molecule has 1 aliphatic rings. The van der Waals surface area contributed by atoms with Crippen LogP contribution in [0.25, 0.3) is 0 Å². The maximum Gasteiger partial charge on any atom is 0.357 e. The number of nitrogens with zero attached hydrogens (tertiary/aromatic N) is 2. The maximum absolute atomic E-state index is 12.7. The number of anilines is 1. The highest BCUT2D eigenvalue weighted by atomic mass is 35.5. The minimum absolute atomic E-state index is 0.145. The molecule has 1 heterocycles. The third kappa shape index (κ3) is 4.23. The van der Waals surface area contributed by atoms with E-state index in [0.717, 1.165) is 12.8 Å². The molecule has 0 spiro atoms. The summed E-state index contributed by atoms with van der Waals surface area (Å²) in [7, 11) is 1.30. The quantitative estimate of drug-likeness (QED) is 0.754. The lowest BCUT2D eigenvalue weighted by molar-refractivity contribution is 0.0594. The number of nitrogens with one attached hydrogen (secondary N) is 1. The van der Waals surface area contributed by atoms with Crippen molar-refractivity contribution in [1.29, 1.82) is 0 Å². The zero-order valence-corrected chi connectivity index (χ0v) is 15.6. The molecule has 0 unspecified atom stereocenters. The average Bonchev–Trinajstić information content (AvgIpc) is 3.33. The van der Waals surface area contributed by atoms with Gasteiger partial charge in [-0.1, -0.05) is 29.3 Å². The van der Waals surface area contributed by atoms with E-state index in [2.05, 4.69) is 15.0 Å². The summed E-state index contributed by atoms with van der Waals surface area (Å²) >= 11 is 13.5. The van der Waals surface area contributed by atoms with Gasteiger partial charge in [0, 0.05) is 11.4 Å². The predicted octanol–water partition coefficient (Wildman–Crippen LogP) is 4.43. The molecular weight excluding hydrogens is 385 g/mol. The summed E-state index contributed by atoms with van der Waals surface area (Å²) in [6, 6.07) is 4.88. The number of amides is 2. The Hall–Kier alpha value is -1.83. The second kappa shape index (κ2) is 7.59. The maximum atomic E-state index is 12.7. The summed E-state index contributed by atoms with van der Waals surface area (Å²) in [5, 5.41) is 5.80. The van der Waals surface area contributed by atoms with Crippen LogP contribution in [0.15, 0.2) is 23.6 Å². The fraction of sp³-hybridized carbons (Fsp3) is 0.312. The van der Waals surface area contributed by atoms with Crippen molar-refractivity contribution in [2.75, 3.05) is 12.4 Å². The third-order valence-corrected chi connectivity index (χ3v) is 5.16. The summed E-state index contributed by atoms with van der Waals surface area (Å²) in [6.07, 6.45) is 1.86. The van der Waals surface area contributed by atoms with Crippen LogP contribution < -0.4 is 5.32 Å². The van der Waals surface area contributed by atoms with Crippen LogP contribution in [0, 0.1) is 0 Å². The second-order valence-corrected chi connectivity index (χ2v) is 7.26. The highest BCUT2D eigenvalue weighted by molar-refractivity contribution is 7.09. The van der Waals surface area contributed by atoms with Gasteiger partial charge in [-0.15, -0.1) is 11.3 Å². The number of esters is 1. The minimum Gasteiger partial charge on any atom is -0.464 e. The first kappa shape index (κ1) is 18.0. The molecule has 0 aliphatic heterocycles. The molecule has 0 bridgehead atoms. The Kier molecular flexibility index (Phi) is 5.46. The number of hydrogen-bond donors (Lipinski definition) is 1. The van der Waals surface area contributed by atoms with Crippen LogP contribution >= 0.6 is 34.5 Å². The lowest BCUT2D eigenvalue weighted by Gasteiger charge is -2.22. The number of thiazole rings is 1. The highest BCUT2D eigenvalue weighted by Crippen LogP contribution is 2.33. The lowest BCUT2D eigenvalue weighted by atomic mass is 10.3. The summed E-state index contributed by atoms with van der Waals surface area (Å²) < 4.78 is 4.65. The van der Waals surface area contributed by atoms with Crippen molar-refractivity contribution in [1.82, 2.24) is 9.88 Å². The minimum atomic E-state index is -0.493. The van der Waals surface area contributed by atoms with E-state index >= 15 is 0 Å². The fourth-order valence-corrected chi connectivity index (χ4v) is 3.53. The normalized spacial score (nSPS) is 13.4. The molecule has 1 fully saturated rings. The van der Waals surface area contributed by atoms with Crippen LogP contribution in [0.5, 0.6) is 0 Å². The second-order valence-electron chi connectivity index (χ2n) is 5.50. The number of benzene rings is 1. The molecule has 1 aliphatic carbocycles. The fourth-order valence-electron chi connectivity index (χ4n) is 2.28.